The zero-order valence-electron chi connectivity index (χ0n) is 8.58. The van der Waals surface area contributed by atoms with E-state index in [0.717, 1.165) is 0 Å². The fourth-order valence-electron chi connectivity index (χ4n) is 2.53. The Morgan fingerprint density at radius 1 is 0.867 bits per heavy atom. The topological polar surface area (TPSA) is 35.6 Å². The summed E-state index contributed by atoms with van der Waals surface area (Å²) in [6.07, 6.45) is 10.6. The summed E-state index contributed by atoms with van der Waals surface area (Å²) in [5.74, 6) is 0. The average molecular weight is 218 g/mol. The molecule has 0 amide bonds. The molecule has 1 fully saturated rings. The van der Waals surface area contributed by atoms with E-state index in [9.17, 15) is 0 Å². The Bertz CT molecular complexity index is 378. The van der Waals surface area contributed by atoms with E-state index in [-0.39, 0.29) is 0 Å². The molecule has 0 saturated carbocycles. The zero-order valence-corrected chi connectivity index (χ0v) is 9.58. The van der Waals surface area contributed by atoms with Gasteiger partial charge in [-0.05, 0) is 24.2 Å². The zero-order chi connectivity index (χ0) is 10.1. The lowest BCUT2D eigenvalue weighted by molar-refractivity contribution is 0.803. The van der Waals surface area contributed by atoms with Crippen LogP contribution in [0, 0.1) is 0 Å². The molecule has 15 heavy (non-hydrogen) atoms. The van der Waals surface area contributed by atoms with Crippen molar-refractivity contribution in [3.05, 3.63) is 36.9 Å². The molecule has 4 nitrogen and oxygen atoms in total. The van der Waals surface area contributed by atoms with Gasteiger partial charge in [0.25, 0.3) is 0 Å². The van der Waals surface area contributed by atoms with Gasteiger partial charge in [-0.3, -0.25) is 8.69 Å². The first kappa shape index (κ1) is 8.91. The fraction of sp³-hybridized carbons (Fsp3) is 0.400. The van der Waals surface area contributed by atoms with Crippen LogP contribution in [0.4, 0.5) is 0 Å². The van der Waals surface area contributed by atoms with Crippen LogP contribution in [-0.4, -0.2) is 27.3 Å². The molecule has 78 valence electrons. The first-order chi connectivity index (χ1) is 7.42. The largest absolute Gasteiger partial charge is 0.309 e. The van der Waals surface area contributed by atoms with Crippen molar-refractivity contribution in [2.75, 3.05) is 0 Å². The van der Waals surface area contributed by atoms with E-state index in [1.165, 1.54) is 24.9 Å². The van der Waals surface area contributed by atoms with Crippen LogP contribution in [0.15, 0.2) is 36.9 Å². The van der Waals surface area contributed by atoms with Crippen LogP contribution in [0.1, 0.15) is 12.8 Å². The molecule has 0 radical (unpaired) electrons. The van der Waals surface area contributed by atoms with E-state index >= 15 is 0 Å². The number of hydrogen-bond acceptors (Lipinski definition) is 2. The van der Waals surface area contributed by atoms with Crippen molar-refractivity contribution >= 4 is 8.40 Å². The highest BCUT2D eigenvalue weighted by Gasteiger charge is 2.43. The normalized spacial score (nSPS) is 19.5. The molecule has 3 heterocycles. The van der Waals surface area contributed by atoms with Gasteiger partial charge in [-0.1, -0.05) is 12.8 Å². The van der Waals surface area contributed by atoms with Crippen molar-refractivity contribution in [1.82, 2.24) is 18.9 Å². The summed E-state index contributed by atoms with van der Waals surface area (Å²) >= 11 is 0. The highest BCUT2D eigenvalue weighted by Crippen LogP contribution is 2.31. The molecule has 0 N–H and O–H groups in total. The first-order valence-electron chi connectivity index (χ1n) is 5.42. The van der Waals surface area contributed by atoms with Gasteiger partial charge in [0.05, 0.1) is 0 Å². The summed E-state index contributed by atoms with van der Waals surface area (Å²) in [7, 11) is -1.67. The summed E-state index contributed by atoms with van der Waals surface area (Å²) in [4.78, 5) is 0. The van der Waals surface area contributed by atoms with Gasteiger partial charge in [0.2, 0.25) is 0 Å². The van der Waals surface area contributed by atoms with Gasteiger partial charge in [-0.15, -0.1) is 0 Å². The van der Waals surface area contributed by atoms with Crippen molar-refractivity contribution in [3.63, 3.8) is 0 Å². The number of nitrogens with zero attached hydrogens (tertiary/aromatic N) is 4. The third kappa shape index (κ3) is 1.26. The lowest BCUT2D eigenvalue weighted by atomic mass is 10.4. The second-order valence-corrected chi connectivity index (χ2v) is 7.97. The van der Waals surface area contributed by atoms with Crippen LogP contribution in [0.2, 0.25) is 12.1 Å². The van der Waals surface area contributed by atoms with Gasteiger partial charge in [-0.25, -0.2) is 0 Å². The Labute approximate surface area is 89.7 Å². The molecular formula is C10H14N4Si. The molecule has 2 aromatic rings. The molecule has 0 aromatic carbocycles. The van der Waals surface area contributed by atoms with E-state index in [1.807, 2.05) is 24.5 Å². The summed E-state index contributed by atoms with van der Waals surface area (Å²) in [5, 5.41) is 8.89. The molecule has 0 bridgehead atoms. The fourth-order valence-corrected chi connectivity index (χ4v) is 6.83. The highest BCUT2D eigenvalue weighted by atomic mass is 28.3. The molecule has 0 unspecified atom stereocenters. The van der Waals surface area contributed by atoms with E-state index in [1.54, 1.807) is 0 Å². The molecule has 2 aromatic heterocycles. The lowest BCUT2D eigenvalue weighted by Crippen LogP contribution is -2.49. The Balaban J connectivity index is 2.10. The minimum atomic E-state index is -1.67. The molecule has 5 heteroatoms. The standard InChI is InChI=1S/C10H14N4Si/c1-2-10-15(9-1,13-7-3-5-11-13)14-8-4-6-12-14/h3-8H,1-2,9-10H2. The van der Waals surface area contributed by atoms with Gasteiger partial charge in [0, 0.05) is 24.8 Å². The number of aromatic nitrogens is 4. The Morgan fingerprint density at radius 3 is 1.80 bits per heavy atom. The van der Waals surface area contributed by atoms with Crippen molar-refractivity contribution in [2.24, 2.45) is 0 Å². The van der Waals surface area contributed by atoms with E-state index in [2.05, 4.69) is 31.3 Å². The smallest absolute Gasteiger partial charge is 0.277 e. The number of rotatable bonds is 2. The van der Waals surface area contributed by atoms with Crippen LogP contribution in [0.25, 0.3) is 0 Å². The molecule has 0 atom stereocenters. The molecule has 1 saturated heterocycles. The maximum absolute atomic E-state index is 4.44. The summed E-state index contributed by atoms with van der Waals surface area (Å²) in [6.45, 7) is 0. The van der Waals surface area contributed by atoms with E-state index in [0.29, 0.717) is 0 Å². The maximum atomic E-state index is 4.44. The first-order valence-corrected chi connectivity index (χ1v) is 7.73. The second kappa shape index (κ2) is 3.34. The van der Waals surface area contributed by atoms with Crippen LogP contribution in [0.3, 0.4) is 0 Å². The average Bonchev–Trinajstić information content (AvgIpc) is 3.02. The van der Waals surface area contributed by atoms with Crippen molar-refractivity contribution in [3.8, 4) is 0 Å². The van der Waals surface area contributed by atoms with Crippen LogP contribution < -0.4 is 0 Å². The predicted octanol–water partition coefficient (Wildman–Crippen LogP) is 1.71. The van der Waals surface area contributed by atoms with Crippen LogP contribution >= 0.6 is 0 Å². The molecular weight excluding hydrogens is 204 g/mol. The Kier molecular flexibility index (Phi) is 1.98. The minimum Gasteiger partial charge on any atom is -0.277 e. The highest BCUT2D eigenvalue weighted by molar-refractivity contribution is 6.76. The molecule has 0 spiro atoms. The monoisotopic (exact) mass is 218 g/mol. The number of hydrogen-bond donors (Lipinski definition) is 0. The molecule has 3 rings (SSSR count). The van der Waals surface area contributed by atoms with E-state index in [4.69, 9.17) is 0 Å². The quantitative estimate of drug-likeness (QED) is 0.719. The van der Waals surface area contributed by atoms with Crippen LogP contribution in [-0.2, 0) is 0 Å². The summed E-state index contributed by atoms with van der Waals surface area (Å²) in [6, 6.07) is 6.54. The van der Waals surface area contributed by atoms with Crippen LogP contribution in [0.5, 0.6) is 0 Å². The van der Waals surface area contributed by atoms with Crippen molar-refractivity contribution < 1.29 is 0 Å². The molecule has 0 aliphatic carbocycles. The Hall–Kier alpha value is -1.36. The summed E-state index contributed by atoms with van der Waals surface area (Å²) in [5.41, 5.74) is 0. The van der Waals surface area contributed by atoms with Crippen molar-refractivity contribution in [1.29, 1.82) is 0 Å². The molecule has 1 aliphatic heterocycles. The van der Waals surface area contributed by atoms with Gasteiger partial charge in [0.15, 0.2) is 0 Å². The van der Waals surface area contributed by atoms with E-state index < -0.39 is 8.40 Å². The van der Waals surface area contributed by atoms with Crippen molar-refractivity contribution in [2.45, 2.75) is 24.9 Å². The Morgan fingerprint density at radius 2 is 1.40 bits per heavy atom. The van der Waals surface area contributed by atoms with Gasteiger partial charge >= 0.3 is 8.40 Å². The second-order valence-electron chi connectivity index (χ2n) is 4.09. The van der Waals surface area contributed by atoms with Gasteiger partial charge in [-0.2, -0.15) is 10.2 Å². The van der Waals surface area contributed by atoms with Gasteiger partial charge < -0.3 is 0 Å². The predicted molar refractivity (Wildman–Crippen MR) is 59.9 cm³/mol. The maximum Gasteiger partial charge on any atom is 0.309 e. The minimum absolute atomic E-state index is 1.26. The third-order valence-electron chi connectivity index (χ3n) is 3.27. The third-order valence-corrected chi connectivity index (χ3v) is 7.81. The molecule has 1 aliphatic rings. The lowest BCUT2D eigenvalue weighted by Gasteiger charge is -2.26. The van der Waals surface area contributed by atoms with Gasteiger partial charge in [0.1, 0.15) is 0 Å². The summed E-state index contributed by atoms with van der Waals surface area (Å²) < 4.78 is 4.38. The SMILES string of the molecule is c1cnn([Si]2(n3cccn3)CCCC2)c1.